The molecule has 138 valence electrons. The minimum Gasteiger partial charge on any atom is -0.505 e. The molecule has 2 aromatic rings. The molecule has 0 saturated heterocycles. The van der Waals surface area contributed by atoms with Crippen molar-refractivity contribution in [1.29, 1.82) is 5.26 Å². The molecule has 0 saturated carbocycles. The summed E-state index contributed by atoms with van der Waals surface area (Å²) in [5.41, 5.74) is 1.43. The van der Waals surface area contributed by atoms with Gasteiger partial charge < -0.3 is 20.6 Å². The summed E-state index contributed by atoms with van der Waals surface area (Å²) < 4.78 is 0. The highest BCUT2D eigenvalue weighted by atomic mass is 32.1. The predicted molar refractivity (Wildman–Crippen MR) is 102 cm³/mol. The summed E-state index contributed by atoms with van der Waals surface area (Å²) in [5, 5.41) is 27.8. The Morgan fingerprint density at radius 3 is 2.78 bits per heavy atom. The minimum absolute atomic E-state index is 0.00187. The number of nitrogens with zero attached hydrogens (tertiary/aromatic N) is 2. The highest BCUT2D eigenvalue weighted by molar-refractivity contribution is 7.09. The first kappa shape index (κ1) is 18.5. The van der Waals surface area contributed by atoms with Crippen molar-refractivity contribution in [3.63, 3.8) is 0 Å². The number of carbonyl (C=O) groups excluding carboxylic acids is 2. The van der Waals surface area contributed by atoms with E-state index in [1.54, 1.807) is 25.4 Å². The van der Waals surface area contributed by atoms with Crippen LogP contribution in [0.25, 0.3) is 0 Å². The number of thiophene rings is 1. The smallest absolute Gasteiger partial charge is 0.257 e. The summed E-state index contributed by atoms with van der Waals surface area (Å²) in [7, 11) is 3.11. The molecule has 7 nitrogen and oxygen atoms in total. The normalized spacial score (nSPS) is 13.0. The zero-order valence-electron chi connectivity index (χ0n) is 14.9. The molecule has 1 aliphatic carbocycles. The number of phenolic OH excluding ortho intramolecular Hbond substituents is 1. The molecule has 1 aromatic heterocycles. The topological polar surface area (TPSA) is 105 Å². The summed E-state index contributed by atoms with van der Waals surface area (Å²) in [6.07, 6.45) is 0.274. The van der Waals surface area contributed by atoms with Crippen LogP contribution in [-0.2, 0) is 11.3 Å². The highest BCUT2D eigenvalue weighted by Crippen LogP contribution is 2.34. The zero-order chi connectivity index (χ0) is 19.6. The molecule has 0 spiro atoms. The second-order valence-corrected chi connectivity index (χ2v) is 7.28. The Bertz CT molecular complexity index is 972. The van der Waals surface area contributed by atoms with E-state index in [9.17, 15) is 20.0 Å². The molecule has 1 amide bonds. The number of hydrogen-bond donors (Lipinski definition) is 3. The van der Waals surface area contributed by atoms with Crippen LogP contribution in [-0.4, -0.2) is 35.8 Å². The average Bonchev–Trinajstić information content (AvgIpc) is 3.16. The largest absolute Gasteiger partial charge is 0.505 e. The maximum atomic E-state index is 12.3. The number of rotatable bonds is 6. The number of Topliss-reactive ketones (excluding diaryl/α,β-unsaturated/α-hetero) is 1. The molecule has 0 radical (unpaired) electrons. The van der Waals surface area contributed by atoms with E-state index in [1.807, 2.05) is 23.6 Å². The van der Waals surface area contributed by atoms with Crippen molar-refractivity contribution in [3.05, 3.63) is 57.0 Å². The van der Waals surface area contributed by atoms with Gasteiger partial charge in [0.1, 0.15) is 5.70 Å². The summed E-state index contributed by atoms with van der Waals surface area (Å²) in [6, 6.07) is 8.66. The third-order valence-corrected chi connectivity index (χ3v) is 4.99. The van der Waals surface area contributed by atoms with Crippen molar-refractivity contribution < 1.29 is 14.7 Å². The number of nitriles is 1. The first-order valence-corrected chi connectivity index (χ1v) is 9.07. The van der Waals surface area contributed by atoms with Crippen molar-refractivity contribution >= 4 is 28.7 Å². The lowest BCUT2D eigenvalue weighted by atomic mass is 9.98. The van der Waals surface area contributed by atoms with Crippen molar-refractivity contribution in [1.82, 2.24) is 10.2 Å². The van der Waals surface area contributed by atoms with Crippen LogP contribution in [0, 0.1) is 11.3 Å². The minimum atomic E-state index is -0.433. The van der Waals surface area contributed by atoms with E-state index in [2.05, 4.69) is 10.6 Å². The second-order valence-electron chi connectivity index (χ2n) is 6.24. The number of ketones is 1. The van der Waals surface area contributed by atoms with Gasteiger partial charge in [0.2, 0.25) is 0 Å². The Hall–Kier alpha value is -3.31. The first-order valence-electron chi connectivity index (χ1n) is 8.19. The van der Waals surface area contributed by atoms with Crippen LogP contribution in [0.5, 0.6) is 5.75 Å². The fraction of sp³-hybridized carbons (Fsp3) is 0.211. The van der Waals surface area contributed by atoms with Gasteiger partial charge in [0.15, 0.2) is 11.5 Å². The predicted octanol–water partition coefficient (Wildman–Crippen LogP) is 2.41. The van der Waals surface area contributed by atoms with E-state index < -0.39 is 5.91 Å². The molecule has 0 unspecified atom stereocenters. The average molecular weight is 382 g/mol. The monoisotopic (exact) mass is 382 g/mol. The van der Waals surface area contributed by atoms with Crippen LogP contribution >= 0.6 is 11.3 Å². The molecule has 1 aliphatic rings. The van der Waals surface area contributed by atoms with Gasteiger partial charge in [-0.2, -0.15) is 5.26 Å². The number of carbonyl (C=O) groups is 2. The van der Waals surface area contributed by atoms with Crippen LogP contribution in [0.4, 0.5) is 5.69 Å². The fourth-order valence-corrected chi connectivity index (χ4v) is 3.28. The van der Waals surface area contributed by atoms with E-state index in [-0.39, 0.29) is 34.8 Å². The molecular weight excluding hydrogens is 364 g/mol. The molecule has 8 heteroatoms. The number of nitrogens with one attached hydrogen (secondary N) is 2. The quantitative estimate of drug-likeness (QED) is 0.663. The van der Waals surface area contributed by atoms with Gasteiger partial charge in [-0.3, -0.25) is 9.59 Å². The van der Waals surface area contributed by atoms with E-state index in [0.29, 0.717) is 12.2 Å². The van der Waals surface area contributed by atoms with Crippen molar-refractivity contribution in [2.45, 2.75) is 13.0 Å². The molecular formula is C19H18N4O3S. The summed E-state index contributed by atoms with van der Waals surface area (Å²) >= 11 is 1.61. The van der Waals surface area contributed by atoms with Crippen LogP contribution in [0.2, 0.25) is 0 Å². The first-order chi connectivity index (χ1) is 12.9. The van der Waals surface area contributed by atoms with Gasteiger partial charge in [-0.25, -0.2) is 0 Å². The van der Waals surface area contributed by atoms with E-state index in [1.165, 1.54) is 17.0 Å². The fourth-order valence-electron chi connectivity index (χ4n) is 2.63. The Labute approximate surface area is 160 Å². The lowest BCUT2D eigenvalue weighted by molar-refractivity contribution is -0.116. The van der Waals surface area contributed by atoms with Crippen LogP contribution in [0.15, 0.2) is 41.0 Å². The van der Waals surface area contributed by atoms with Gasteiger partial charge in [-0.15, -0.1) is 11.3 Å². The third kappa shape index (κ3) is 3.78. The molecule has 0 aliphatic heterocycles. The summed E-state index contributed by atoms with van der Waals surface area (Å²) in [5.74, 6) is -0.832. The molecule has 0 atom stereocenters. The molecule has 0 fully saturated rings. The summed E-state index contributed by atoms with van der Waals surface area (Å²) in [6.45, 7) is 0.597. The summed E-state index contributed by atoms with van der Waals surface area (Å²) in [4.78, 5) is 26.7. The van der Waals surface area contributed by atoms with Crippen molar-refractivity contribution in [2.24, 2.45) is 0 Å². The third-order valence-electron chi connectivity index (χ3n) is 4.11. The number of aromatic hydroxyl groups is 1. The van der Waals surface area contributed by atoms with Gasteiger partial charge in [-0.1, -0.05) is 6.07 Å². The van der Waals surface area contributed by atoms with Gasteiger partial charge in [0.05, 0.1) is 29.3 Å². The van der Waals surface area contributed by atoms with Gasteiger partial charge in [0.25, 0.3) is 5.91 Å². The lowest BCUT2D eigenvalue weighted by Gasteiger charge is -2.25. The lowest BCUT2D eigenvalue weighted by Crippen LogP contribution is -2.32. The van der Waals surface area contributed by atoms with Gasteiger partial charge in [-0.05, 0) is 23.6 Å². The SMILES string of the molecule is CN(C)C(=O)c1cc(C#N)cc(NC2=C(NCc3cccs3)CC2=O)c1O. The number of amides is 1. The maximum absolute atomic E-state index is 12.3. The number of allylic oxidation sites excluding steroid dienone is 2. The van der Waals surface area contributed by atoms with Gasteiger partial charge >= 0.3 is 0 Å². The number of benzene rings is 1. The molecule has 0 bridgehead atoms. The Balaban J connectivity index is 1.88. The second kappa shape index (κ2) is 7.51. The zero-order valence-corrected chi connectivity index (χ0v) is 15.7. The van der Waals surface area contributed by atoms with Crippen LogP contribution in [0.3, 0.4) is 0 Å². The molecule has 1 aromatic carbocycles. The Morgan fingerprint density at radius 1 is 1.41 bits per heavy atom. The molecule has 27 heavy (non-hydrogen) atoms. The molecule has 3 N–H and O–H groups in total. The molecule has 3 rings (SSSR count). The molecule has 1 heterocycles. The van der Waals surface area contributed by atoms with Crippen LogP contribution in [0.1, 0.15) is 27.2 Å². The van der Waals surface area contributed by atoms with Gasteiger partial charge in [0, 0.05) is 31.2 Å². The Kier molecular flexibility index (Phi) is 5.14. The van der Waals surface area contributed by atoms with Crippen molar-refractivity contribution in [2.75, 3.05) is 19.4 Å². The van der Waals surface area contributed by atoms with Crippen molar-refractivity contribution in [3.8, 4) is 11.8 Å². The maximum Gasteiger partial charge on any atom is 0.257 e. The van der Waals surface area contributed by atoms with E-state index in [0.717, 1.165) is 10.6 Å². The Morgan fingerprint density at radius 2 is 2.19 bits per heavy atom. The number of hydrogen-bond acceptors (Lipinski definition) is 7. The highest BCUT2D eigenvalue weighted by Gasteiger charge is 2.29. The van der Waals surface area contributed by atoms with E-state index in [4.69, 9.17) is 0 Å². The van der Waals surface area contributed by atoms with E-state index >= 15 is 0 Å². The van der Waals surface area contributed by atoms with Crippen LogP contribution < -0.4 is 10.6 Å². The number of anilines is 1. The standard InChI is InChI=1S/C19H18N4O3S/c1-23(2)19(26)13-6-11(9-20)7-15(18(13)25)22-17-14(8-16(17)24)21-10-12-4-3-5-27-12/h3-7,21-22,25H,8,10H2,1-2H3. The number of phenols is 1.